The van der Waals surface area contributed by atoms with E-state index in [4.69, 9.17) is 14.0 Å². The number of nitrogens with one attached hydrogen (secondary N) is 1. The van der Waals surface area contributed by atoms with Crippen LogP contribution in [0.2, 0.25) is 0 Å². The number of hydrogen-bond acceptors (Lipinski definition) is 6. The number of rotatable bonds is 7. The zero-order valence-electron chi connectivity index (χ0n) is 13.8. The van der Waals surface area contributed by atoms with Crippen molar-refractivity contribution in [1.29, 1.82) is 0 Å². The van der Waals surface area contributed by atoms with Gasteiger partial charge < -0.3 is 19.3 Å². The maximum atomic E-state index is 12.1. The van der Waals surface area contributed by atoms with Gasteiger partial charge in [-0.3, -0.25) is 9.59 Å². The van der Waals surface area contributed by atoms with Crippen molar-refractivity contribution < 1.29 is 36.8 Å². The van der Waals surface area contributed by atoms with Crippen molar-refractivity contribution in [1.82, 2.24) is 10.5 Å². The Morgan fingerprint density at radius 3 is 2.58 bits per heavy atom. The lowest BCUT2D eigenvalue weighted by atomic mass is 10.1. The molecule has 2 rings (SSSR count). The van der Waals surface area contributed by atoms with Gasteiger partial charge in [0.15, 0.2) is 28.7 Å². The molecule has 7 nitrogen and oxygen atoms in total. The molecule has 1 N–H and O–H groups in total. The third-order valence-corrected chi connectivity index (χ3v) is 3.18. The third-order valence-electron chi connectivity index (χ3n) is 3.18. The predicted molar refractivity (Wildman–Crippen MR) is 82.2 cm³/mol. The molecule has 0 radical (unpaired) electrons. The Bertz CT molecular complexity index is 801. The van der Waals surface area contributed by atoms with Crippen molar-refractivity contribution in [3.8, 4) is 11.5 Å². The molecule has 0 atom stereocenters. The van der Waals surface area contributed by atoms with Gasteiger partial charge in [0.2, 0.25) is 0 Å². The van der Waals surface area contributed by atoms with Crippen LogP contribution in [-0.4, -0.2) is 36.7 Å². The Hall–Kier alpha value is -3.04. The van der Waals surface area contributed by atoms with Crippen molar-refractivity contribution >= 4 is 11.7 Å². The topological polar surface area (TPSA) is 90.7 Å². The Balaban J connectivity index is 1.99. The van der Waals surface area contributed by atoms with E-state index in [9.17, 15) is 22.8 Å². The lowest BCUT2D eigenvalue weighted by Gasteiger charge is -2.10. The minimum atomic E-state index is -4.52. The fourth-order valence-electron chi connectivity index (χ4n) is 1.91. The number of carbonyl (C=O) groups excluding carboxylic acids is 2. The molecule has 26 heavy (non-hydrogen) atoms. The van der Waals surface area contributed by atoms with Crippen LogP contribution in [0.25, 0.3) is 0 Å². The van der Waals surface area contributed by atoms with E-state index in [1.807, 2.05) is 0 Å². The molecular weight excluding hydrogens is 357 g/mol. The summed E-state index contributed by atoms with van der Waals surface area (Å²) in [6.45, 7) is -0.200. The quantitative estimate of drug-likeness (QED) is 0.752. The van der Waals surface area contributed by atoms with Gasteiger partial charge >= 0.3 is 6.18 Å². The summed E-state index contributed by atoms with van der Waals surface area (Å²) in [6.07, 6.45) is -4.52. The lowest BCUT2D eigenvalue weighted by molar-refractivity contribution is -0.123. The first kappa shape index (κ1) is 19.3. The number of alkyl halides is 3. The summed E-state index contributed by atoms with van der Waals surface area (Å²) in [7, 11) is 1.41. The highest BCUT2D eigenvalue weighted by Gasteiger charge is 2.28. The molecule has 1 amide bonds. The molecule has 1 heterocycles. The zero-order valence-corrected chi connectivity index (χ0v) is 13.8. The first-order chi connectivity index (χ1) is 12.2. The number of amides is 1. The number of hydrogen-bond donors (Lipinski definition) is 1. The first-order valence-electron chi connectivity index (χ1n) is 7.32. The van der Waals surface area contributed by atoms with Crippen LogP contribution in [0, 0.1) is 0 Å². The molecule has 2 aromatic rings. The minimum Gasteiger partial charge on any atom is -0.493 e. The summed E-state index contributed by atoms with van der Waals surface area (Å²) in [6, 6.07) is 5.76. The van der Waals surface area contributed by atoms with E-state index in [0.717, 1.165) is 0 Å². The van der Waals surface area contributed by atoms with Crippen molar-refractivity contribution in [2.45, 2.75) is 19.7 Å². The molecule has 1 aromatic carbocycles. The smallest absolute Gasteiger partial charge is 0.405 e. The van der Waals surface area contributed by atoms with Gasteiger partial charge in [0.05, 0.1) is 7.11 Å². The average Bonchev–Trinajstić information content (AvgIpc) is 3.06. The number of benzene rings is 1. The number of aromatic nitrogens is 1. The van der Waals surface area contributed by atoms with Crippen molar-refractivity contribution in [2.24, 2.45) is 0 Å². The summed E-state index contributed by atoms with van der Waals surface area (Å²) in [4.78, 5) is 22.9. The fourth-order valence-corrected chi connectivity index (χ4v) is 1.91. The van der Waals surface area contributed by atoms with E-state index in [1.54, 1.807) is 11.4 Å². The molecular formula is C16H15F3N2O5. The number of halogens is 3. The highest BCUT2D eigenvalue weighted by Crippen LogP contribution is 2.29. The van der Waals surface area contributed by atoms with E-state index in [0.29, 0.717) is 17.1 Å². The van der Waals surface area contributed by atoms with Crippen molar-refractivity contribution in [3.63, 3.8) is 0 Å². The highest BCUT2D eigenvalue weighted by atomic mass is 19.4. The van der Waals surface area contributed by atoms with Gasteiger partial charge in [-0.1, -0.05) is 5.16 Å². The Labute approximate surface area is 146 Å². The van der Waals surface area contributed by atoms with Crippen LogP contribution in [0.4, 0.5) is 13.2 Å². The minimum absolute atomic E-state index is 0.125. The van der Waals surface area contributed by atoms with Crippen LogP contribution < -0.4 is 14.8 Å². The second-order valence-electron chi connectivity index (χ2n) is 5.19. The Morgan fingerprint density at radius 2 is 1.96 bits per heavy atom. The SMILES string of the molecule is COc1cc(C(C)=O)ccc1OCc1cc(C(=O)NCC(F)(F)F)no1. The van der Waals surface area contributed by atoms with Crippen LogP contribution in [0.3, 0.4) is 0 Å². The summed E-state index contributed by atoms with van der Waals surface area (Å²) in [5, 5.41) is 5.08. The Morgan fingerprint density at radius 1 is 1.23 bits per heavy atom. The molecule has 0 aliphatic carbocycles. The van der Waals surface area contributed by atoms with Gasteiger partial charge in [-0.15, -0.1) is 0 Å². The maximum absolute atomic E-state index is 12.1. The summed E-state index contributed by atoms with van der Waals surface area (Å²) in [5.41, 5.74) is 0.143. The summed E-state index contributed by atoms with van der Waals surface area (Å²) in [5.74, 6) is -0.391. The molecule has 0 spiro atoms. The lowest BCUT2D eigenvalue weighted by Crippen LogP contribution is -2.33. The number of methoxy groups -OCH3 is 1. The molecule has 0 unspecified atom stereocenters. The normalized spacial score (nSPS) is 11.1. The maximum Gasteiger partial charge on any atom is 0.405 e. The number of nitrogens with zero attached hydrogens (tertiary/aromatic N) is 1. The van der Waals surface area contributed by atoms with E-state index in [2.05, 4.69) is 5.16 Å². The zero-order chi connectivity index (χ0) is 19.3. The van der Waals surface area contributed by atoms with Crippen LogP contribution in [0.5, 0.6) is 11.5 Å². The largest absolute Gasteiger partial charge is 0.493 e. The summed E-state index contributed by atoms with van der Waals surface area (Å²) >= 11 is 0. The second-order valence-corrected chi connectivity index (χ2v) is 5.19. The molecule has 0 saturated heterocycles. The molecule has 140 valence electrons. The molecule has 0 bridgehead atoms. The Kier molecular flexibility index (Phi) is 5.86. The number of carbonyl (C=O) groups is 2. The molecule has 0 aliphatic heterocycles. The predicted octanol–water partition coefficient (Wildman–Crippen LogP) is 2.76. The first-order valence-corrected chi connectivity index (χ1v) is 7.32. The fraction of sp³-hybridized carbons (Fsp3) is 0.312. The van der Waals surface area contributed by atoms with Crippen LogP contribution in [-0.2, 0) is 6.61 Å². The van der Waals surface area contributed by atoms with E-state index in [-0.39, 0.29) is 23.8 Å². The van der Waals surface area contributed by atoms with E-state index < -0.39 is 18.6 Å². The molecule has 0 saturated carbocycles. The van der Waals surface area contributed by atoms with Gasteiger partial charge in [0.25, 0.3) is 5.91 Å². The van der Waals surface area contributed by atoms with Crippen LogP contribution in [0.15, 0.2) is 28.8 Å². The monoisotopic (exact) mass is 372 g/mol. The van der Waals surface area contributed by atoms with Gasteiger partial charge in [-0.25, -0.2) is 0 Å². The average molecular weight is 372 g/mol. The number of ketones is 1. The van der Waals surface area contributed by atoms with Gasteiger partial charge in [0.1, 0.15) is 13.2 Å². The van der Waals surface area contributed by atoms with Crippen molar-refractivity contribution in [3.05, 3.63) is 41.3 Å². The van der Waals surface area contributed by atoms with E-state index in [1.165, 1.54) is 32.2 Å². The van der Waals surface area contributed by atoms with Crippen LogP contribution >= 0.6 is 0 Å². The van der Waals surface area contributed by atoms with Crippen LogP contribution in [0.1, 0.15) is 33.5 Å². The molecule has 10 heteroatoms. The second kappa shape index (κ2) is 7.89. The molecule has 1 aromatic heterocycles. The number of ether oxygens (including phenoxy) is 2. The molecule has 0 aliphatic rings. The number of Topliss-reactive ketones (excluding diaryl/α,β-unsaturated/α-hetero) is 1. The summed E-state index contributed by atoms with van der Waals surface area (Å²) < 4.78 is 51.7. The van der Waals surface area contributed by atoms with Gasteiger partial charge in [-0.2, -0.15) is 13.2 Å². The standard InChI is InChI=1S/C16H15F3N2O5/c1-9(22)10-3-4-13(14(5-10)24-2)25-7-11-6-12(21-26-11)15(23)20-8-16(17,18)19/h3-6H,7-8H2,1-2H3,(H,20,23). The highest BCUT2D eigenvalue weighted by molar-refractivity contribution is 5.94. The third kappa shape index (κ3) is 5.23. The van der Waals surface area contributed by atoms with E-state index >= 15 is 0 Å². The van der Waals surface area contributed by atoms with Gasteiger partial charge in [0, 0.05) is 11.6 Å². The molecule has 0 fully saturated rings. The van der Waals surface area contributed by atoms with Gasteiger partial charge in [-0.05, 0) is 25.1 Å². The van der Waals surface area contributed by atoms with Crippen molar-refractivity contribution in [2.75, 3.05) is 13.7 Å².